The third-order valence-corrected chi connectivity index (χ3v) is 3.74. The first-order valence-corrected chi connectivity index (χ1v) is 8.06. The number of carbonyl (C=O) groups is 1. The Hall–Kier alpha value is -2.93. The molecule has 1 heterocycles. The van der Waals surface area contributed by atoms with Crippen molar-refractivity contribution in [2.75, 3.05) is 6.54 Å². The first kappa shape index (κ1) is 16.9. The Kier molecular flexibility index (Phi) is 5.25. The van der Waals surface area contributed by atoms with E-state index in [1.54, 1.807) is 42.5 Å². The number of hydrogen-bond acceptors (Lipinski definition) is 5. The highest BCUT2D eigenvalue weighted by atomic mass is 35.5. The number of aromatic hydroxyl groups is 1. The molecule has 0 bridgehead atoms. The van der Waals surface area contributed by atoms with Gasteiger partial charge in [-0.3, -0.25) is 4.79 Å². The van der Waals surface area contributed by atoms with Crippen molar-refractivity contribution < 1.29 is 9.90 Å². The first-order valence-electron chi connectivity index (χ1n) is 7.68. The predicted octanol–water partition coefficient (Wildman–Crippen LogP) is 2.06. The van der Waals surface area contributed by atoms with Crippen LogP contribution in [-0.2, 0) is 17.8 Å². The summed E-state index contributed by atoms with van der Waals surface area (Å²) in [6.45, 7) is 0.446. The largest absolute Gasteiger partial charge is 0.508 e. The van der Waals surface area contributed by atoms with Gasteiger partial charge in [-0.2, -0.15) is 4.80 Å². The smallest absolute Gasteiger partial charge is 0.243 e. The molecule has 1 aromatic heterocycles. The highest BCUT2D eigenvalue weighted by molar-refractivity contribution is 6.30. The molecular weight excluding hydrogens is 342 g/mol. The molecule has 0 aliphatic rings. The number of benzene rings is 2. The molecule has 0 saturated carbocycles. The molecule has 1 amide bonds. The van der Waals surface area contributed by atoms with E-state index < -0.39 is 0 Å². The molecule has 0 spiro atoms. The maximum absolute atomic E-state index is 12.0. The number of amides is 1. The van der Waals surface area contributed by atoms with Crippen LogP contribution >= 0.6 is 11.6 Å². The summed E-state index contributed by atoms with van der Waals surface area (Å²) in [5.74, 6) is 0.440. The van der Waals surface area contributed by atoms with Crippen molar-refractivity contribution in [3.8, 4) is 17.1 Å². The van der Waals surface area contributed by atoms with Gasteiger partial charge in [-0.25, -0.2) is 0 Å². The van der Waals surface area contributed by atoms with Crippen molar-refractivity contribution in [3.63, 3.8) is 0 Å². The number of rotatable bonds is 6. The molecule has 0 aliphatic carbocycles. The summed E-state index contributed by atoms with van der Waals surface area (Å²) < 4.78 is 0. The van der Waals surface area contributed by atoms with Crippen molar-refractivity contribution in [1.29, 1.82) is 0 Å². The van der Waals surface area contributed by atoms with Gasteiger partial charge in [0.1, 0.15) is 12.3 Å². The lowest BCUT2D eigenvalue weighted by atomic mass is 10.1. The fraction of sp³-hybridized carbons (Fsp3) is 0.176. The van der Waals surface area contributed by atoms with E-state index in [-0.39, 0.29) is 18.2 Å². The van der Waals surface area contributed by atoms with Crippen LogP contribution in [0.4, 0.5) is 0 Å². The minimum atomic E-state index is -0.208. The van der Waals surface area contributed by atoms with Gasteiger partial charge in [0.15, 0.2) is 0 Å². The van der Waals surface area contributed by atoms with Crippen LogP contribution in [0.2, 0.25) is 5.02 Å². The van der Waals surface area contributed by atoms with Gasteiger partial charge in [0.2, 0.25) is 11.7 Å². The Morgan fingerprint density at radius 3 is 2.76 bits per heavy atom. The molecule has 25 heavy (non-hydrogen) atoms. The van der Waals surface area contributed by atoms with Crippen LogP contribution in [0.15, 0.2) is 48.5 Å². The van der Waals surface area contributed by atoms with Gasteiger partial charge >= 0.3 is 0 Å². The van der Waals surface area contributed by atoms with Crippen molar-refractivity contribution >= 4 is 17.5 Å². The molecule has 0 saturated heterocycles. The average Bonchev–Trinajstić information content (AvgIpc) is 3.04. The molecule has 7 nitrogen and oxygen atoms in total. The fourth-order valence-corrected chi connectivity index (χ4v) is 2.39. The van der Waals surface area contributed by atoms with Crippen LogP contribution in [-0.4, -0.2) is 37.8 Å². The van der Waals surface area contributed by atoms with Crippen molar-refractivity contribution in [2.45, 2.75) is 13.0 Å². The van der Waals surface area contributed by atoms with Gasteiger partial charge in [-0.1, -0.05) is 23.7 Å². The minimum absolute atomic E-state index is 0.0133. The molecular formula is C17H16ClN5O2. The molecule has 0 atom stereocenters. The molecule has 0 radical (unpaired) electrons. The number of tetrazole rings is 1. The zero-order valence-electron chi connectivity index (χ0n) is 13.3. The van der Waals surface area contributed by atoms with E-state index in [1.165, 1.54) is 4.80 Å². The zero-order valence-corrected chi connectivity index (χ0v) is 14.0. The number of phenolic OH excluding ortho intramolecular Hbond substituents is 1. The van der Waals surface area contributed by atoms with Crippen molar-refractivity contribution in [3.05, 3.63) is 59.1 Å². The Morgan fingerprint density at radius 2 is 2.00 bits per heavy atom. The Bertz CT molecular complexity index is 863. The summed E-state index contributed by atoms with van der Waals surface area (Å²) in [6, 6.07) is 14.0. The number of nitrogens with one attached hydrogen (secondary N) is 1. The predicted molar refractivity (Wildman–Crippen MR) is 93.1 cm³/mol. The van der Waals surface area contributed by atoms with E-state index in [0.717, 1.165) is 11.1 Å². The van der Waals surface area contributed by atoms with Crippen LogP contribution in [0.25, 0.3) is 11.4 Å². The van der Waals surface area contributed by atoms with Gasteiger partial charge in [-0.15, -0.1) is 10.2 Å². The monoisotopic (exact) mass is 357 g/mol. The maximum atomic E-state index is 12.0. The minimum Gasteiger partial charge on any atom is -0.508 e. The van der Waals surface area contributed by atoms with Crippen LogP contribution in [0, 0.1) is 0 Å². The quantitative estimate of drug-likeness (QED) is 0.704. The lowest BCUT2D eigenvalue weighted by Crippen LogP contribution is -2.30. The number of hydrogen-bond donors (Lipinski definition) is 2. The number of nitrogens with zero attached hydrogens (tertiary/aromatic N) is 4. The molecule has 3 rings (SSSR count). The number of carbonyl (C=O) groups excluding carboxylic acids is 1. The van der Waals surface area contributed by atoms with Crippen LogP contribution in [0.1, 0.15) is 5.56 Å². The molecule has 3 aromatic rings. The Morgan fingerprint density at radius 1 is 1.20 bits per heavy atom. The van der Waals surface area contributed by atoms with Crippen LogP contribution in [0.5, 0.6) is 5.75 Å². The fourth-order valence-electron chi connectivity index (χ4n) is 2.27. The number of phenols is 1. The number of halogens is 1. The van der Waals surface area contributed by atoms with E-state index in [0.29, 0.717) is 23.8 Å². The van der Waals surface area contributed by atoms with Gasteiger partial charge in [0, 0.05) is 17.1 Å². The van der Waals surface area contributed by atoms with Gasteiger partial charge in [0.25, 0.3) is 0 Å². The van der Waals surface area contributed by atoms with Gasteiger partial charge < -0.3 is 10.4 Å². The maximum Gasteiger partial charge on any atom is 0.243 e. The van der Waals surface area contributed by atoms with E-state index >= 15 is 0 Å². The summed E-state index contributed by atoms with van der Waals surface area (Å²) in [5, 5.41) is 24.8. The topological polar surface area (TPSA) is 92.9 Å². The molecule has 0 unspecified atom stereocenters. The summed E-state index contributed by atoms with van der Waals surface area (Å²) in [5.41, 5.74) is 1.73. The van der Waals surface area contributed by atoms with E-state index in [2.05, 4.69) is 20.7 Å². The van der Waals surface area contributed by atoms with Crippen molar-refractivity contribution in [1.82, 2.24) is 25.5 Å². The van der Waals surface area contributed by atoms with Crippen molar-refractivity contribution in [2.24, 2.45) is 0 Å². The molecule has 2 N–H and O–H groups in total. The summed E-state index contributed by atoms with van der Waals surface area (Å²) >= 11 is 5.85. The Labute approximate surface area is 149 Å². The van der Waals surface area contributed by atoms with Gasteiger partial charge in [-0.05, 0) is 53.6 Å². The standard InChI is InChI=1S/C17H16ClN5O2/c18-14-6-4-13(5-7-14)17-20-22-23(21-17)11-16(25)19-9-8-12-2-1-3-15(24)10-12/h1-7,10,24H,8-9,11H2,(H,19,25). The molecule has 8 heteroatoms. The lowest BCUT2D eigenvalue weighted by molar-refractivity contribution is -0.122. The van der Waals surface area contributed by atoms with E-state index in [1.807, 2.05) is 6.07 Å². The second-order valence-electron chi connectivity index (χ2n) is 5.42. The highest BCUT2D eigenvalue weighted by Gasteiger charge is 2.09. The molecule has 0 fully saturated rings. The summed E-state index contributed by atoms with van der Waals surface area (Å²) in [4.78, 5) is 13.2. The van der Waals surface area contributed by atoms with E-state index in [9.17, 15) is 9.90 Å². The van der Waals surface area contributed by atoms with E-state index in [4.69, 9.17) is 11.6 Å². The average molecular weight is 358 g/mol. The molecule has 128 valence electrons. The second kappa shape index (κ2) is 7.76. The highest BCUT2D eigenvalue weighted by Crippen LogP contribution is 2.16. The second-order valence-corrected chi connectivity index (χ2v) is 5.86. The molecule has 0 aliphatic heterocycles. The van der Waals surface area contributed by atoms with Gasteiger partial charge in [0.05, 0.1) is 0 Å². The normalized spacial score (nSPS) is 10.6. The third-order valence-electron chi connectivity index (χ3n) is 3.49. The van der Waals surface area contributed by atoms with Crippen LogP contribution in [0.3, 0.4) is 0 Å². The number of aromatic nitrogens is 4. The lowest BCUT2D eigenvalue weighted by Gasteiger charge is -2.05. The van der Waals surface area contributed by atoms with Crippen LogP contribution < -0.4 is 5.32 Å². The third kappa shape index (κ3) is 4.77. The zero-order chi connectivity index (χ0) is 17.6. The molecule has 2 aromatic carbocycles. The first-order chi connectivity index (χ1) is 12.1. The summed E-state index contributed by atoms with van der Waals surface area (Å²) in [6.07, 6.45) is 0.626. The SMILES string of the molecule is O=C(Cn1nnc(-c2ccc(Cl)cc2)n1)NCCc1cccc(O)c1. The Balaban J connectivity index is 1.50. The summed E-state index contributed by atoms with van der Waals surface area (Å²) in [7, 11) is 0.